The number of likely N-dealkylation sites (tertiary alicyclic amines) is 1. The third-order valence-electron chi connectivity index (χ3n) is 4.33. The van der Waals surface area contributed by atoms with E-state index in [0.29, 0.717) is 18.0 Å². The van der Waals surface area contributed by atoms with Crippen molar-refractivity contribution in [3.63, 3.8) is 0 Å². The largest absolute Gasteiger partial charge is 0.481 e. The predicted molar refractivity (Wildman–Crippen MR) is 71.4 cm³/mol. The molecule has 6 nitrogen and oxygen atoms in total. The standard InChI is InChI=1S/C14H19N3O3/c1-8-2-3-10(14(19)20)7-17(8)13(18)12-6-11(15-16-12)9-4-5-9/h6,8-10H,2-5,7H2,1H3,(H,15,16)(H,19,20). The number of aromatic amines is 1. The molecular formula is C14H19N3O3. The van der Waals surface area contributed by atoms with Crippen LogP contribution in [0.4, 0.5) is 0 Å². The summed E-state index contributed by atoms with van der Waals surface area (Å²) < 4.78 is 0. The Morgan fingerprint density at radius 1 is 1.35 bits per heavy atom. The van der Waals surface area contributed by atoms with E-state index < -0.39 is 11.9 Å². The minimum atomic E-state index is -0.824. The first-order valence-electron chi connectivity index (χ1n) is 7.15. The van der Waals surface area contributed by atoms with Crippen molar-refractivity contribution in [3.8, 4) is 0 Å². The minimum absolute atomic E-state index is 0.0687. The van der Waals surface area contributed by atoms with E-state index in [1.165, 1.54) is 0 Å². The molecule has 1 amide bonds. The van der Waals surface area contributed by atoms with Gasteiger partial charge in [-0.15, -0.1) is 0 Å². The lowest BCUT2D eigenvalue weighted by atomic mass is 9.93. The van der Waals surface area contributed by atoms with Gasteiger partial charge in [0.15, 0.2) is 0 Å². The average Bonchev–Trinajstić information content (AvgIpc) is 3.16. The van der Waals surface area contributed by atoms with E-state index in [2.05, 4.69) is 10.2 Å². The van der Waals surface area contributed by atoms with Gasteiger partial charge in [0.1, 0.15) is 5.69 Å². The van der Waals surface area contributed by atoms with E-state index in [1.54, 1.807) is 4.90 Å². The van der Waals surface area contributed by atoms with Crippen molar-refractivity contribution < 1.29 is 14.7 Å². The number of carbonyl (C=O) groups excluding carboxylic acids is 1. The van der Waals surface area contributed by atoms with Crippen LogP contribution in [-0.4, -0.2) is 44.7 Å². The van der Waals surface area contributed by atoms with Gasteiger partial charge in [-0.05, 0) is 38.7 Å². The molecule has 1 aliphatic carbocycles. The summed E-state index contributed by atoms with van der Waals surface area (Å²) in [6, 6.07) is 1.89. The quantitative estimate of drug-likeness (QED) is 0.878. The summed E-state index contributed by atoms with van der Waals surface area (Å²) in [4.78, 5) is 25.2. The summed E-state index contributed by atoms with van der Waals surface area (Å²) in [6.07, 6.45) is 3.66. The smallest absolute Gasteiger partial charge is 0.308 e. The molecule has 0 spiro atoms. The molecule has 2 N–H and O–H groups in total. The maximum atomic E-state index is 12.5. The maximum absolute atomic E-state index is 12.5. The summed E-state index contributed by atoms with van der Waals surface area (Å²) in [5, 5.41) is 16.1. The Bertz CT molecular complexity index is 536. The Hall–Kier alpha value is -1.85. The van der Waals surface area contributed by atoms with E-state index >= 15 is 0 Å². The normalized spacial score (nSPS) is 26.6. The van der Waals surface area contributed by atoms with E-state index in [9.17, 15) is 9.59 Å². The van der Waals surface area contributed by atoms with Crippen LogP contribution in [-0.2, 0) is 4.79 Å². The lowest BCUT2D eigenvalue weighted by Crippen LogP contribution is -2.47. The molecule has 0 aromatic carbocycles. The van der Waals surface area contributed by atoms with E-state index in [4.69, 9.17) is 5.11 Å². The highest BCUT2D eigenvalue weighted by molar-refractivity contribution is 5.93. The molecule has 1 aromatic heterocycles. The number of aromatic nitrogens is 2. The molecule has 3 rings (SSSR count). The number of nitrogens with one attached hydrogen (secondary N) is 1. The van der Waals surface area contributed by atoms with Crippen LogP contribution in [0.3, 0.4) is 0 Å². The molecule has 2 unspecified atom stereocenters. The number of amides is 1. The maximum Gasteiger partial charge on any atom is 0.308 e. The third kappa shape index (κ3) is 2.42. The fourth-order valence-corrected chi connectivity index (χ4v) is 2.79. The van der Waals surface area contributed by atoms with Gasteiger partial charge in [0.2, 0.25) is 0 Å². The number of carboxylic acid groups (broad SMARTS) is 1. The molecule has 1 saturated heterocycles. The van der Waals surface area contributed by atoms with Crippen LogP contribution in [0.15, 0.2) is 6.07 Å². The number of rotatable bonds is 3. The highest BCUT2D eigenvalue weighted by Gasteiger charge is 2.34. The number of hydrogen-bond donors (Lipinski definition) is 2. The van der Waals surface area contributed by atoms with Crippen molar-refractivity contribution in [1.82, 2.24) is 15.1 Å². The van der Waals surface area contributed by atoms with Crippen molar-refractivity contribution in [2.75, 3.05) is 6.54 Å². The summed E-state index contributed by atoms with van der Waals surface area (Å²) in [7, 11) is 0. The second-order valence-electron chi connectivity index (χ2n) is 5.90. The van der Waals surface area contributed by atoms with Gasteiger partial charge in [-0.25, -0.2) is 0 Å². The van der Waals surface area contributed by atoms with Crippen LogP contribution >= 0.6 is 0 Å². The number of H-pyrrole nitrogens is 1. The SMILES string of the molecule is CC1CCC(C(=O)O)CN1C(=O)c1cc(C2CC2)[nH]n1. The lowest BCUT2D eigenvalue weighted by Gasteiger charge is -2.36. The van der Waals surface area contributed by atoms with Crippen molar-refractivity contribution in [2.45, 2.75) is 44.6 Å². The Kier molecular flexibility index (Phi) is 3.23. The van der Waals surface area contributed by atoms with Gasteiger partial charge in [0.25, 0.3) is 5.91 Å². The number of carboxylic acids is 1. The molecular weight excluding hydrogens is 258 g/mol. The third-order valence-corrected chi connectivity index (χ3v) is 4.33. The molecule has 20 heavy (non-hydrogen) atoms. The van der Waals surface area contributed by atoms with Gasteiger partial charge < -0.3 is 10.0 Å². The first-order chi connectivity index (χ1) is 9.56. The van der Waals surface area contributed by atoms with Crippen molar-refractivity contribution in [2.24, 2.45) is 5.92 Å². The number of hydrogen-bond acceptors (Lipinski definition) is 3. The summed E-state index contributed by atoms with van der Waals surface area (Å²) >= 11 is 0. The van der Waals surface area contributed by atoms with Gasteiger partial charge in [0.05, 0.1) is 5.92 Å². The lowest BCUT2D eigenvalue weighted by molar-refractivity contribution is -0.143. The molecule has 2 heterocycles. The predicted octanol–water partition coefficient (Wildman–Crippen LogP) is 1.61. The van der Waals surface area contributed by atoms with Crippen molar-refractivity contribution in [1.29, 1.82) is 0 Å². The zero-order valence-corrected chi connectivity index (χ0v) is 11.5. The molecule has 2 atom stereocenters. The summed E-state index contributed by atoms with van der Waals surface area (Å²) in [5.41, 5.74) is 1.43. The van der Waals surface area contributed by atoms with Crippen molar-refractivity contribution >= 4 is 11.9 Å². The number of carbonyl (C=O) groups is 2. The Morgan fingerprint density at radius 2 is 2.10 bits per heavy atom. The first-order valence-corrected chi connectivity index (χ1v) is 7.15. The Morgan fingerprint density at radius 3 is 2.75 bits per heavy atom. The topological polar surface area (TPSA) is 86.3 Å². The second-order valence-corrected chi connectivity index (χ2v) is 5.90. The van der Waals surface area contributed by atoms with Gasteiger partial charge in [0, 0.05) is 24.2 Å². The Balaban J connectivity index is 1.74. The van der Waals surface area contributed by atoms with E-state index in [0.717, 1.165) is 25.0 Å². The van der Waals surface area contributed by atoms with Crippen LogP contribution in [0.1, 0.15) is 54.7 Å². The highest BCUT2D eigenvalue weighted by atomic mass is 16.4. The summed E-state index contributed by atoms with van der Waals surface area (Å²) in [5.74, 6) is -0.923. The average molecular weight is 277 g/mol. The fraction of sp³-hybridized carbons (Fsp3) is 0.643. The van der Waals surface area contributed by atoms with Crippen LogP contribution in [0, 0.1) is 5.92 Å². The number of piperidine rings is 1. The molecule has 2 aliphatic rings. The van der Waals surface area contributed by atoms with Gasteiger partial charge in [-0.2, -0.15) is 5.10 Å². The number of nitrogens with zero attached hydrogens (tertiary/aromatic N) is 2. The molecule has 108 valence electrons. The van der Waals surface area contributed by atoms with Crippen LogP contribution in [0.25, 0.3) is 0 Å². The molecule has 0 bridgehead atoms. The molecule has 2 fully saturated rings. The summed E-state index contributed by atoms with van der Waals surface area (Å²) in [6.45, 7) is 2.24. The van der Waals surface area contributed by atoms with Crippen LogP contribution in [0.2, 0.25) is 0 Å². The minimum Gasteiger partial charge on any atom is -0.481 e. The fourth-order valence-electron chi connectivity index (χ4n) is 2.79. The van der Waals surface area contributed by atoms with Gasteiger partial charge in [-0.1, -0.05) is 0 Å². The molecule has 6 heteroatoms. The highest BCUT2D eigenvalue weighted by Crippen LogP contribution is 2.39. The van der Waals surface area contributed by atoms with Gasteiger partial charge >= 0.3 is 5.97 Å². The van der Waals surface area contributed by atoms with Crippen LogP contribution < -0.4 is 0 Å². The first kappa shape index (κ1) is 13.1. The molecule has 1 aliphatic heterocycles. The van der Waals surface area contributed by atoms with Crippen LogP contribution in [0.5, 0.6) is 0 Å². The Labute approximate surface area is 117 Å². The van der Waals surface area contributed by atoms with E-state index in [1.807, 2.05) is 13.0 Å². The number of aliphatic carboxylic acids is 1. The van der Waals surface area contributed by atoms with Gasteiger partial charge in [-0.3, -0.25) is 14.7 Å². The molecule has 0 radical (unpaired) electrons. The zero-order chi connectivity index (χ0) is 14.3. The second kappa shape index (κ2) is 4.92. The van der Waals surface area contributed by atoms with E-state index in [-0.39, 0.29) is 18.5 Å². The van der Waals surface area contributed by atoms with Crippen molar-refractivity contribution in [3.05, 3.63) is 17.5 Å². The molecule has 1 aromatic rings. The molecule has 1 saturated carbocycles. The zero-order valence-electron chi connectivity index (χ0n) is 11.5. The monoisotopic (exact) mass is 277 g/mol.